The molecule has 0 aromatic heterocycles. The summed E-state index contributed by atoms with van der Waals surface area (Å²) in [5.74, 6) is 0.194. The molecule has 0 saturated carbocycles. The summed E-state index contributed by atoms with van der Waals surface area (Å²) in [6, 6.07) is 0. The highest BCUT2D eigenvalue weighted by molar-refractivity contribution is 5.75. The SMILES string of the molecule is CC(=O)CC(C)C(O)C1=CCCC(C)(C)C1. The average Bonchev–Trinajstić information content (AvgIpc) is 2.13. The van der Waals surface area contributed by atoms with Crippen LogP contribution in [-0.2, 0) is 4.79 Å². The third kappa shape index (κ3) is 3.75. The number of aliphatic hydroxyl groups is 1. The molecule has 2 heteroatoms. The van der Waals surface area contributed by atoms with Crippen LogP contribution < -0.4 is 0 Å². The Bertz CT molecular complexity index is 289. The zero-order valence-electron chi connectivity index (χ0n) is 10.9. The molecule has 16 heavy (non-hydrogen) atoms. The molecule has 0 aromatic carbocycles. The number of aliphatic hydroxyl groups excluding tert-OH is 1. The Labute approximate surface area is 98.7 Å². The van der Waals surface area contributed by atoms with Crippen molar-refractivity contribution in [3.8, 4) is 0 Å². The normalized spacial score (nSPS) is 23.4. The first-order valence-corrected chi connectivity index (χ1v) is 6.18. The van der Waals surface area contributed by atoms with Crippen LogP contribution in [0.5, 0.6) is 0 Å². The first-order valence-electron chi connectivity index (χ1n) is 6.18. The molecular weight excluding hydrogens is 200 g/mol. The maximum Gasteiger partial charge on any atom is 0.130 e. The smallest absolute Gasteiger partial charge is 0.130 e. The molecule has 1 N–H and O–H groups in total. The van der Waals surface area contributed by atoms with Crippen molar-refractivity contribution in [2.75, 3.05) is 0 Å². The van der Waals surface area contributed by atoms with Gasteiger partial charge in [-0.3, -0.25) is 0 Å². The first kappa shape index (κ1) is 13.4. The van der Waals surface area contributed by atoms with E-state index < -0.39 is 6.10 Å². The molecule has 1 aliphatic carbocycles. The molecule has 1 rings (SSSR count). The van der Waals surface area contributed by atoms with Crippen LogP contribution in [0.1, 0.15) is 53.4 Å². The van der Waals surface area contributed by atoms with Crippen LogP contribution in [0.2, 0.25) is 0 Å². The van der Waals surface area contributed by atoms with Gasteiger partial charge in [0.15, 0.2) is 0 Å². The van der Waals surface area contributed by atoms with E-state index in [2.05, 4.69) is 19.9 Å². The summed E-state index contributed by atoms with van der Waals surface area (Å²) in [6.45, 7) is 8.02. The van der Waals surface area contributed by atoms with Crippen molar-refractivity contribution >= 4 is 5.78 Å². The molecular formula is C14H24O2. The number of rotatable bonds is 4. The number of carbonyl (C=O) groups is 1. The molecule has 2 atom stereocenters. The van der Waals surface area contributed by atoms with Crippen molar-refractivity contribution in [3.05, 3.63) is 11.6 Å². The van der Waals surface area contributed by atoms with E-state index in [0.717, 1.165) is 18.4 Å². The van der Waals surface area contributed by atoms with Crippen LogP contribution in [0.3, 0.4) is 0 Å². The first-order chi connectivity index (χ1) is 7.32. The largest absolute Gasteiger partial charge is 0.388 e. The third-order valence-electron chi connectivity index (χ3n) is 3.44. The Morgan fingerprint density at radius 1 is 1.56 bits per heavy atom. The fraction of sp³-hybridized carbons (Fsp3) is 0.786. The molecule has 0 saturated heterocycles. The second-order valence-electron chi connectivity index (χ2n) is 5.99. The number of hydrogen-bond acceptors (Lipinski definition) is 2. The molecule has 0 bridgehead atoms. The average molecular weight is 224 g/mol. The van der Waals surface area contributed by atoms with Crippen LogP contribution in [0, 0.1) is 11.3 Å². The lowest BCUT2D eigenvalue weighted by atomic mass is 9.74. The Kier molecular flexibility index (Phi) is 4.31. The zero-order chi connectivity index (χ0) is 12.3. The highest BCUT2D eigenvalue weighted by atomic mass is 16.3. The van der Waals surface area contributed by atoms with Gasteiger partial charge in [0.25, 0.3) is 0 Å². The number of carbonyl (C=O) groups excluding carboxylic acids is 1. The van der Waals surface area contributed by atoms with Gasteiger partial charge in [-0.1, -0.05) is 26.8 Å². The predicted molar refractivity (Wildman–Crippen MR) is 66.2 cm³/mol. The monoisotopic (exact) mass is 224 g/mol. The summed E-state index contributed by atoms with van der Waals surface area (Å²) >= 11 is 0. The van der Waals surface area contributed by atoms with E-state index in [0.29, 0.717) is 11.8 Å². The summed E-state index contributed by atoms with van der Waals surface area (Å²) in [5.41, 5.74) is 1.42. The molecule has 2 unspecified atom stereocenters. The summed E-state index contributed by atoms with van der Waals surface area (Å²) in [6.07, 6.45) is 5.38. The number of allylic oxidation sites excluding steroid dienone is 1. The van der Waals surface area contributed by atoms with Gasteiger partial charge in [0.05, 0.1) is 6.10 Å². The van der Waals surface area contributed by atoms with Gasteiger partial charge in [0.2, 0.25) is 0 Å². The molecule has 0 spiro atoms. The fourth-order valence-electron chi connectivity index (χ4n) is 2.52. The van der Waals surface area contributed by atoms with Crippen molar-refractivity contribution in [2.45, 2.75) is 59.5 Å². The lowest BCUT2D eigenvalue weighted by molar-refractivity contribution is -0.118. The van der Waals surface area contributed by atoms with E-state index in [4.69, 9.17) is 0 Å². The standard InChI is InChI=1S/C14H24O2/c1-10(8-11(2)15)13(16)12-6-5-7-14(3,4)9-12/h6,10,13,16H,5,7-9H2,1-4H3. The Morgan fingerprint density at radius 3 is 2.69 bits per heavy atom. The van der Waals surface area contributed by atoms with E-state index in [1.807, 2.05) is 6.92 Å². The molecule has 0 fully saturated rings. The number of hydrogen-bond donors (Lipinski definition) is 1. The highest BCUT2D eigenvalue weighted by Crippen LogP contribution is 2.37. The van der Waals surface area contributed by atoms with Crippen molar-refractivity contribution in [1.82, 2.24) is 0 Å². The second-order valence-corrected chi connectivity index (χ2v) is 5.99. The molecule has 0 amide bonds. The van der Waals surface area contributed by atoms with Crippen LogP contribution in [0.15, 0.2) is 11.6 Å². The van der Waals surface area contributed by atoms with Gasteiger partial charge in [0.1, 0.15) is 5.78 Å². The van der Waals surface area contributed by atoms with Crippen molar-refractivity contribution in [3.63, 3.8) is 0 Å². The predicted octanol–water partition coefficient (Wildman–Crippen LogP) is 3.10. The molecule has 92 valence electrons. The summed E-state index contributed by atoms with van der Waals surface area (Å²) < 4.78 is 0. The topological polar surface area (TPSA) is 37.3 Å². The maximum absolute atomic E-state index is 11.0. The Balaban J connectivity index is 2.63. The summed E-state index contributed by atoms with van der Waals surface area (Å²) in [5, 5.41) is 10.2. The lowest BCUT2D eigenvalue weighted by Crippen LogP contribution is -2.27. The van der Waals surface area contributed by atoms with Gasteiger partial charge in [-0.05, 0) is 43.1 Å². The molecule has 0 heterocycles. The van der Waals surface area contributed by atoms with Crippen molar-refractivity contribution in [1.29, 1.82) is 0 Å². The van der Waals surface area contributed by atoms with Crippen molar-refractivity contribution < 1.29 is 9.90 Å². The van der Waals surface area contributed by atoms with E-state index in [9.17, 15) is 9.90 Å². The van der Waals surface area contributed by atoms with Gasteiger partial charge >= 0.3 is 0 Å². The van der Waals surface area contributed by atoms with E-state index in [1.54, 1.807) is 6.92 Å². The zero-order valence-corrected chi connectivity index (χ0v) is 10.9. The minimum atomic E-state index is -0.441. The molecule has 2 nitrogen and oxygen atoms in total. The maximum atomic E-state index is 11.0. The molecule has 0 aliphatic heterocycles. The van der Waals surface area contributed by atoms with Gasteiger partial charge < -0.3 is 9.90 Å². The van der Waals surface area contributed by atoms with E-state index in [1.165, 1.54) is 6.42 Å². The molecule has 1 aliphatic rings. The van der Waals surface area contributed by atoms with Gasteiger partial charge in [-0.2, -0.15) is 0 Å². The van der Waals surface area contributed by atoms with E-state index >= 15 is 0 Å². The minimum Gasteiger partial charge on any atom is -0.388 e. The van der Waals surface area contributed by atoms with Crippen molar-refractivity contribution in [2.24, 2.45) is 11.3 Å². The van der Waals surface area contributed by atoms with Gasteiger partial charge in [-0.25, -0.2) is 0 Å². The quantitative estimate of drug-likeness (QED) is 0.745. The Hall–Kier alpha value is -0.630. The highest BCUT2D eigenvalue weighted by Gasteiger charge is 2.28. The van der Waals surface area contributed by atoms with Gasteiger partial charge in [0, 0.05) is 6.42 Å². The lowest BCUT2D eigenvalue weighted by Gasteiger charge is -2.33. The summed E-state index contributed by atoms with van der Waals surface area (Å²) in [7, 11) is 0. The number of ketones is 1. The molecule has 0 aromatic rings. The van der Waals surface area contributed by atoms with Crippen LogP contribution in [0.25, 0.3) is 0 Å². The van der Waals surface area contributed by atoms with Gasteiger partial charge in [-0.15, -0.1) is 0 Å². The number of Topliss-reactive ketones (excluding diaryl/α,β-unsaturated/α-hetero) is 1. The second kappa shape index (κ2) is 5.13. The Morgan fingerprint density at radius 2 is 2.19 bits per heavy atom. The molecule has 0 radical (unpaired) electrons. The van der Waals surface area contributed by atoms with E-state index in [-0.39, 0.29) is 11.7 Å². The minimum absolute atomic E-state index is 0.0395. The fourth-order valence-corrected chi connectivity index (χ4v) is 2.52. The van der Waals surface area contributed by atoms with Crippen LogP contribution in [0.4, 0.5) is 0 Å². The van der Waals surface area contributed by atoms with Crippen LogP contribution in [-0.4, -0.2) is 17.0 Å². The van der Waals surface area contributed by atoms with Crippen LogP contribution >= 0.6 is 0 Å². The third-order valence-corrected chi connectivity index (χ3v) is 3.44. The summed E-state index contributed by atoms with van der Waals surface area (Å²) in [4.78, 5) is 11.0.